The molecular weight excluding hydrogens is 346 g/mol. The molecule has 3 rings (SSSR count). The van der Waals surface area contributed by atoms with Gasteiger partial charge in [-0.05, 0) is 30.3 Å². The van der Waals surface area contributed by atoms with E-state index in [1.807, 2.05) is 0 Å². The third-order valence-electron chi connectivity index (χ3n) is 3.78. The van der Waals surface area contributed by atoms with Crippen LogP contribution in [0.3, 0.4) is 0 Å². The maximum atomic E-state index is 12.9. The number of carbonyl (C=O) groups excluding carboxylic acids is 2. The highest BCUT2D eigenvalue weighted by Crippen LogP contribution is 2.27. The fraction of sp³-hybridized carbons (Fsp3) is 0. The standard InChI is InChI=1S/C20H15N3O4/c24-19(21-17-13-7-8-14-18(17)23(26)27)20(25)22(15-9-3-1-4-10-15)16-11-5-2-6-12-16/h1-14H,(H,21,24). The second kappa shape index (κ2) is 7.92. The molecule has 0 radical (unpaired) electrons. The topological polar surface area (TPSA) is 92.5 Å². The summed E-state index contributed by atoms with van der Waals surface area (Å²) in [5.74, 6) is -1.83. The summed E-state index contributed by atoms with van der Waals surface area (Å²) in [5.41, 5.74) is 0.685. The van der Waals surface area contributed by atoms with Crippen LogP contribution >= 0.6 is 0 Å². The number of para-hydroxylation sites is 4. The minimum Gasteiger partial charge on any atom is -0.312 e. The summed E-state index contributed by atoms with van der Waals surface area (Å²) in [6.07, 6.45) is 0. The number of benzene rings is 3. The van der Waals surface area contributed by atoms with E-state index in [-0.39, 0.29) is 11.4 Å². The molecule has 0 bridgehead atoms. The third-order valence-corrected chi connectivity index (χ3v) is 3.78. The smallest absolute Gasteiger partial charge is 0.312 e. The minimum atomic E-state index is -0.975. The Labute approximate surface area is 155 Å². The second-order valence-corrected chi connectivity index (χ2v) is 5.54. The molecule has 134 valence electrons. The van der Waals surface area contributed by atoms with Gasteiger partial charge in [-0.3, -0.25) is 24.6 Å². The Bertz CT molecular complexity index is 935. The highest BCUT2D eigenvalue weighted by molar-refractivity contribution is 6.45. The van der Waals surface area contributed by atoms with Crippen molar-refractivity contribution in [1.29, 1.82) is 0 Å². The predicted molar refractivity (Wildman–Crippen MR) is 102 cm³/mol. The van der Waals surface area contributed by atoms with E-state index in [1.165, 1.54) is 23.1 Å². The number of hydrogen-bond acceptors (Lipinski definition) is 4. The fourth-order valence-corrected chi connectivity index (χ4v) is 2.55. The first kappa shape index (κ1) is 17.8. The lowest BCUT2D eigenvalue weighted by Gasteiger charge is -2.22. The van der Waals surface area contributed by atoms with Crippen molar-refractivity contribution in [2.45, 2.75) is 0 Å². The molecule has 0 spiro atoms. The zero-order chi connectivity index (χ0) is 19.2. The second-order valence-electron chi connectivity index (χ2n) is 5.54. The van der Waals surface area contributed by atoms with Crippen LogP contribution in [-0.4, -0.2) is 16.7 Å². The molecule has 0 atom stereocenters. The molecule has 0 saturated carbocycles. The summed E-state index contributed by atoms with van der Waals surface area (Å²) in [5, 5.41) is 13.4. The maximum absolute atomic E-state index is 12.9. The summed E-state index contributed by atoms with van der Waals surface area (Å²) >= 11 is 0. The summed E-state index contributed by atoms with van der Waals surface area (Å²) < 4.78 is 0. The van der Waals surface area contributed by atoms with Crippen LogP contribution < -0.4 is 10.2 Å². The Hall–Kier alpha value is -4.00. The number of amides is 2. The molecule has 0 aliphatic rings. The van der Waals surface area contributed by atoms with Crippen LogP contribution in [-0.2, 0) is 9.59 Å². The Morgan fingerprint density at radius 3 is 1.78 bits per heavy atom. The SMILES string of the molecule is O=C(Nc1ccccc1[N+](=O)[O-])C(=O)N(c1ccccc1)c1ccccc1. The number of nitrogens with zero attached hydrogens (tertiary/aromatic N) is 2. The number of rotatable bonds is 4. The number of nitro groups is 1. The Balaban J connectivity index is 1.93. The Kier molecular flexibility index (Phi) is 5.22. The third kappa shape index (κ3) is 3.98. The van der Waals surface area contributed by atoms with Crippen molar-refractivity contribution >= 4 is 34.6 Å². The summed E-state index contributed by atoms with van der Waals surface area (Å²) in [7, 11) is 0. The molecular formula is C20H15N3O4. The van der Waals surface area contributed by atoms with Crippen LogP contribution in [0, 0.1) is 10.1 Å². The summed E-state index contributed by atoms with van der Waals surface area (Å²) in [4.78, 5) is 37.2. The number of anilines is 3. The largest absolute Gasteiger partial charge is 0.321 e. The molecule has 3 aromatic carbocycles. The molecule has 0 aliphatic carbocycles. The van der Waals surface area contributed by atoms with Crippen LogP contribution in [0.25, 0.3) is 0 Å². The van der Waals surface area contributed by atoms with Crippen LogP contribution in [0.2, 0.25) is 0 Å². The zero-order valence-electron chi connectivity index (χ0n) is 14.1. The van der Waals surface area contributed by atoms with Gasteiger partial charge >= 0.3 is 11.8 Å². The van der Waals surface area contributed by atoms with Gasteiger partial charge in [-0.15, -0.1) is 0 Å². The van der Waals surface area contributed by atoms with Crippen molar-refractivity contribution in [3.8, 4) is 0 Å². The molecule has 7 nitrogen and oxygen atoms in total. The molecule has 0 fully saturated rings. The number of carbonyl (C=O) groups is 2. The van der Waals surface area contributed by atoms with Crippen molar-refractivity contribution in [3.05, 3.63) is 95.0 Å². The number of nitrogens with one attached hydrogen (secondary N) is 1. The first-order chi connectivity index (χ1) is 13.1. The molecule has 3 aromatic rings. The highest BCUT2D eigenvalue weighted by atomic mass is 16.6. The molecule has 0 aliphatic heterocycles. The van der Waals surface area contributed by atoms with Crippen molar-refractivity contribution < 1.29 is 14.5 Å². The van der Waals surface area contributed by atoms with Crippen molar-refractivity contribution in [2.75, 3.05) is 10.2 Å². The molecule has 1 N–H and O–H groups in total. The molecule has 7 heteroatoms. The quantitative estimate of drug-likeness (QED) is 0.433. The van der Waals surface area contributed by atoms with Crippen molar-refractivity contribution in [1.82, 2.24) is 0 Å². The van der Waals surface area contributed by atoms with Gasteiger partial charge in [0.25, 0.3) is 5.69 Å². The van der Waals surface area contributed by atoms with E-state index in [4.69, 9.17) is 0 Å². The summed E-state index contributed by atoms with van der Waals surface area (Å²) in [6, 6.07) is 23.0. The van der Waals surface area contributed by atoms with Crippen LogP contribution in [0.15, 0.2) is 84.9 Å². The van der Waals surface area contributed by atoms with E-state index in [9.17, 15) is 19.7 Å². The average Bonchev–Trinajstić information content (AvgIpc) is 2.70. The van der Waals surface area contributed by atoms with Gasteiger partial charge in [0.2, 0.25) is 0 Å². The van der Waals surface area contributed by atoms with Gasteiger partial charge in [-0.2, -0.15) is 0 Å². The highest BCUT2D eigenvalue weighted by Gasteiger charge is 2.26. The molecule has 27 heavy (non-hydrogen) atoms. The first-order valence-electron chi connectivity index (χ1n) is 8.07. The average molecular weight is 361 g/mol. The van der Waals surface area contributed by atoms with Gasteiger partial charge in [0.15, 0.2) is 0 Å². The zero-order valence-corrected chi connectivity index (χ0v) is 14.1. The predicted octanol–water partition coefficient (Wildman–Crippen LogP) is 3.90. The van der Waals surface area contributed by atoms with E-state index < -0.39 is 16.7 Å². The van der Waals surface area contributed by atoms with Gasteiger partial charge in [-0.1, -0.05) is 48.5 Å². The fourth-order valence-electron chi connectivity index (χ4n) is 2.55. The van der Waals surface area contributed by atoms with Gasteiger partial charge in [0, 0.05) is 17.4 Å². The Morgan fingerprint density at radius 2 is 1.26 bits per heavy atom. The maximum Gasteiger partial charge on any atom is 0.321 e. The number of nitro benzene ring substituents is 1. The van der Waals surface area contributed by atoms with Crippen LogP contribution in [0.1, 0.15) is 0 Å². The first-order valence-corrected chi connectivity index (χ1v) is 8.07. The van der Waals surface area contributed by atoms with Gasteiger partial charge in [0.1, 0.15) is 5.69 Å². The van der Waals surface area contributed by atoms with Gasteiger partial charge in [-0.25, -0.2) is 0 Å². The molecule has 0 aromatic heterocycles. The van der Waals surface area contributed by atoms with E-state index in [1.54, 1.807) is 66.7 Å². The summed E-state index contributed by atoms with van der Waals surface area (Å²) in [6.45, 7) is 0. The monoisotopic (exact) mass is 361 g/mol. The number of hydrogen-bond donors (Lipinski definition) is 1. The lowest BCUT2D eigenvalue weighted by molar-refractivity contribution is -0.383. The lowest BCUT2D eigenvalue weighted by Crippen LogP contribution is -2.36. The van der Waals surface area contributed by atoms with Gasteiger partial charge < -0.3 is 5.32 Å². The molecule has 0 heterocycles. The lowest BCUT2D eigenvalue weighted by atomic mass is 10.2. The van der Waals surface area contributed by atoms with Crippen LogP contribution in [0.4, 0.5) is 22.7 Å². The minimum absolute atomic E-state index is 0.0399. The van der Waals surface area contributed by atoms with E-state index in [2.05, 4.69) is 5.32 Å². The molecule has 0 unspecified atom stereocenters. The van der Waals surface area contributed by atoms with Crippen molar-refractivity contribution in [2.24, 2.45) is 0 Å². The molecule has 0 saturated heterocycles. The Morgan fingerprint density at radius 1 is 0.778 bits per heavy atom. The van der Waals surface area contributed by atoms with Crippen molar-refractivity contribution in [3.63, 3.8) is 0 Å². The van der Waals surface area contributed by atoms with E-state index in [0.717, 1.165) is 0 Å². The van der Waals surface area contributed by atoms with E-state index >= 15 is 0 Å². The normalized spacial score (nSPS) is 10.1. The molecule has 2 amide bonds. The van der Waals surface area contributed by atoms with Crippen LogP contribution in [0.5, 0.6) is 0 Å². The van der Waals surface area contributed by atoms with E-state index in [0.29, 0.717) is 11.4 Å². The van der Waals surface area contributed by atoms with Gasteiger partial charge in [0.05, 0.1) is 4.92 Å².